The molecule has 2 aromatic carbocycles. The molecule has 0 aliphatic rings. The highest BCUT2D eigenvalue weighted by atomic mass is 79.9. The van der Waals surface area contributed by atoms with E-state index in [1.165, 1.54) is 0 Å². The van der Waals surface area contributed by atoms with Crippen molar-refractivity contribution in [3.8, 4) is 0 Å². The van der Waals surface area contributed by atoms with Crippen molar-refractivity contribution in [3.63, 3.8) is 0 Å². The fourth-order valence-electron chi connectivity index (χ4n) is 1.97. The first-order valence-corrected chi connectivity index (χ1v) is 7.77. The summed E-state index contributed by atoms with van der Waals surface area (Å²) in [5.41, 5.74) is 1.92. The summed E-state index contributed by atoms with van der Waals surface area (Å²) >= 11 is 9.54. The van der Waals surface area contributed by atoms with E-state index >= 15 is 0 Å². The summed E-state index contributed by atoms with van der Waals surface area (Å²) < 4.78 is 0.976. The molecule has 0 bridgehead atoms. The van der Waals surface area contributed by atoms with Gasteiger partial charge in [0.15, 0.2) is 0 Å². The van der Waals surface area contributed by atoms with Crippen molar-refractivity contribution in [1.82, 2.24) is 10.6 Å². The van der Waals surface area contributed by atoms with E-state index in [1.807, 2.05) is 49.4 Å². The molecule has 21 heavy (non-hydrogen) atoms. The normalized spacial score (nSPS) is 11.8. The minimum atomic E-state index is -0.224. The van der Waals surface area contributed by atoms with Gasteiger partial charge in [0.05, 0.1) is 6.04 Å². The number of rotatable bonds is 4. The Bertz CT molecular complexity index is 633. The van der Waals surface area contributed by atoms with Gasteiger partial charge < -0.3 is 10.6 Å². The van der Waals surface area contributed by atoms with Crippen LogP contribution in [0.1, 0.15) is 24.1 Å². The number of carbonyl (C=O) groups excluding carboxylic acids is 1. The van der Waals surface area contributed by atoms with Crippen LogP contribution in [0.2, 0.25) is 5.02 Å². The van der Waals surface area contributed by atoms with Crippen molar-refractivity contribution < 1.29 is 4.79 Å². The zero-order valence-corrected chi connectivity index (χ0v) is 13.9. The number of nitrogens with one attached hydrogen (secondary N) is 2. The zero-order valence-electron chi connectivity index (χ0n) is 11.6. The highest BCUT2D eigenvalue weighted by molar-refractivity contribution is 9.10. The van der Waals surface area contributed by atoms with Crippen LogP contribution in [0.25, 0.3) is 0 Å². The molecule has 0 spiro atoms. The van der Waals surface area contributed by atoms with Gasteiger partial charge in [0.2, 0.25) is 0 Å². The van der Waals surface area contributed by atoms with E-state index in [1.54, 1.807) is 6.07 Å². The van der Waals surface area contributed by atoms with Crippen LogP contribution in [-0.4, -0.2) is 6.03 Å². The molecule has 0 heterocycles. The predicted octanol–water partition coefficient (Wildman–Crippen LogP) is 4.66. The lowest BCUT2D eigenvalue weighted by Crippen LogP contribution is -2.36. The van der Waals surface area contributed by atoms with Gasteiger partial charge in [-0.25, -0.2) is 4.79 Å². The molecule has 0 radical (unpaired) electrons. The standard InChI is InChI=1S/C16H16BrClN2O/c1-11(13-7-3-4-8-14(13)17)20-16(21)19-10-12-6-2-5-9-15(12)18/h2-9,11H,10H2,1H3,(H2,19,20,21)/t11-/m1/s1. The van der Waals surface area contributed by atoms with E-state index in [-0.39, 0.29) is 12.1 Å². The quantitative estimate of drug-likeness (QED) is 0.810. The van der Waals surface area contributed by atoms with Crippen molar-refractivity contribution in [2.24, 2.45) is 0 Å². The van der Waals surface area contributed by atoms with Crippen LogP contribution in [0.15, 0.2) is 53.0 Å². The van der Waals surface area contributed by atoms with Crippen molar-refractivity contribution >= 4 is 33.6 Å². The first kappa shape index (κ1) is 15.9. The van der Waals surface area contributed by atoms with Gasteiger partial charge in [-0.2, -0.15) is 0 Å². The average Bonchev–Trinajstić information content (AvgIpc) is 2.46. The monoisotopic (exact) mass is 366 g/mol. The van der Waals surface area contributed by atoms with Crippen LogP contribution in [-0.2, 0) is 6.54 Å². The first-order valence-electron chi connectivity index (χ1n) is 6.60. The van der Waals surface area contributed by atoms with E-state index in [0.29, 0.717) is 11.6 Å². The molecule has 3 nitrogen and oxygen atoms in total. The van der Waals surface area contributed by atoms with E-state index < -0.39 is 0 Å². The maximum absolute atomic E-state index is 11.9. The Morgan fingerprint density at radius 2 is 1.86 bits per heavy atom. The minimum Gasteiger partial charge on any atom is -0.334 e. The molecule has 2 rings (SSSR count). The van der Waals surface area contributed by atoms with E-state index in [4.69, 9.17) is 11.6 Å². The maximum Gasteiger partial charge on any atom is 0.315 e. The third-order valence-electron chi connectivity index (χ3n) is 3.12. The molecular weight excluding hydrogens is 352 g/mol. The number of carbonyl (C=O) groups is 1. The van der Waals surface area contributed by atoms with Gasteiger partial charge in [0, 0.05) is 16.0 Å². The van der Waals surface area contributed by atoms with Gasteiger partial charge in [-0.3, -0.25) is 0 Å². The molecule has 0 aromatic heterocycles. The summed E-state index contributed by atoms with van der Waals surface area (Å²) in [6, 6.07) is 15.0. The summed E-state index contributed by atoms with van der Waals surface area (Å²) in [4.78, 5) is 11.9. The van der Waals surface area contributed by atoms with Crippen molar-refractivity contribution in [1.29, 1.82) is 0 Å². The molecule has 0 aliphatic heterocycles. The highest BCUT2D eigenvalue weighted by Gasteiger charge is 2.11. The number of halogens is 2. The topological polar surface area (TPSA) is 41.1 Å². The third-order valence-corrected chi connectivity index (χ3v) is 4.21. The summed E-state index contributed by atoms with van der Waals surface area (Å²) in [6.45, 7) is 2.34. The van der Waals surface area contributed by atoms with Crippen molar-refractivity contribution in [2.45, 2.75) is 19.5 Å². The Labute approximate surface area is 137 Å². The summed E-state index contributed by atoms with van der Waals surface area (Å²) in [5, 5.41) is 6.36. The molecule has 2 N–H and O–H groups in total. The van der Waals surface area contributed by atoms with Gasteiger partial charge in [-0.1, -0.05) is 63.9 Å². The molecule has 0 unspecified atom stereocenters. The predicted molar refractivity (Wildman–Crippen MR) is 89.4 cm³/mol. The maximum atomic E-state index is 11.9. The summed E-state index contributed by atoms with van der Waals surface area (Å²) in [5.74, 6) is 0. The number of hydrogen-bond donors (Lipinski definition) is 2. The van der Waals surface area contributed by atoms with Crippen molar-refractivity contribution in [3.05, 3.63) is 69.2 Å². The second kappa shape index (κ2) is 7.48. The molecule has 0 saturated heterocycles. The van der Waals surface area contributed by atoms with E-state index in [0.717, 1.165) is 15.6 Å². The van der Waals surface area contributed by atoms with Crippen LogP contribution in [0.5, 0.6) is 0 Å². The van der Waals surface area contributed by atoms with Gasteiger partial charge in [-0.05, 0) is 30.2 Å². The molecule has 1 atom stereocenters. The lowest BCUT2D eigenvalue weighted by Gasteiger charge is -2.16. The Morgan fingerprint density at radius 3 is 2.57 bits per heavy atom. The van der Waals surface area contributed by atoms with E-state index in [2.05, 4.69) is 26.6 Å². The van der Waals surface area contributed by atoms with Gasteiger partial charge in [-0.15, -0.1) is 0 Å². The van der Waals surface area contributed by atoms with Gasteiger partial charge in [0.25, 0.3) is 0 Å². The molecule has 2 amide bonds. The molecule has 0 fully saturated rings. The van der Waals surface area contributed by atoms with Crippen LogP contribution in [0.4, 0.5) is 4.79 Å². The fourth-order valence-corrected chi connectivity index (χ4v) is 2.80. The lowest BCUT2D eigenvalue weighted by molar-refractivity contribution is 0.237. The van der Waals surface area contributed by atoms with Crippen LogP contribution in [0, 0.1) is 0 Å². The zero-order chi connectivity index (χ0) is 15.2. The lowest BCUT2D eigenvalue weighted by atomic mass is 10.1. The van der Waals surface area contributed by atoms with Crippen LogP contribution in [0.3, 0.4) is 0 Å². The van der Waals surface area contributed by atoms with Crippen LogP contribution >= 0.6 is 27.5 Å². The molecule has 0 saturated carbocycles. The molecule has 0 aliphatic carbocycles. The largest absolute Gasteiger partial charge is 0.334 e. The van der Waals surface area contributed by atoms with Crippen molar-refractivity contribution in [2.75, 3.05) is 0 Å². The molecule has 5 heteroatoms. The third kappa shape index (κ3) is 4.48. The Balaban J connectivity index is 1.90. The molecular formula is C16H16BrClN2O. The molecule has 110 valence electrons. The van der Waals surface area contributed by atoms with Crippen LogP contribution < -0.4 is 10.6 Å². The highest BCUT2D eigenvalue weighted by Crippen LogP contribution is 2.22. The summed E-state index contributed by atoms with van der Waals surface area (Å²) in [6.07, 6.45) is 0. The second-order valence-corrected chi connectivity index (χ2v) is 5.92. The molecule has 2 aromatic rings. The smallest absolute Gasteiger partial charge is 0.315 e. The van der Waals surface area contributed by atoms with Gasteiger partial charge in [0.1, 0.15) is 0 Å². The minimum absolute atomic E-state index is 0.0909. The fraction of sp³-hybridized carbons (Fsp3) is 0.188. The Morgan fingerprint density at radius 1 is 1.19 bits per heavy atom. The SMILES string of the molecule is C[C@@H](NC(=O)NCc1ccccc1Cl)c1ccccc1Br. The summed E-state index contributed by atoms with van der Waals surface area (Å²) in [7, 11) is 0. The van der Waals surface area contributed by atoms with Gasteiger partial charge >= 0.3 is 6.03 Å². The number of hydrogen-bond acceptors (Lipinski definition) is 1. The Kier molecular flexibility index (Phi) is 5.65. The average molecular weight is 368 g/mol. The Hall–Kier alpha value is -1.52. The first-order chi connectivity index (χ1) is 10.1. The number of amides is 2. The number of benzene rings is 2. The number of urea groups is 1. The second-order valence-electron chi connectivity index (χ2n) is 4.66. The van der Waals surface area contributed by atoms with E-state index in [9.17, 15) is 4.79 Å².